The molecule has 1 aromatic heterocycles. The van der Waals surface area contributed by atoms with Gasteiger partial charge in [-0.1, -0.05) is 0 Å². The molecule has 2 aromatic rings. The van der Waals surface area contributed by atoms with E-state index in [-0.39, 0.29) is 16.9 Å². The SMILES string of the molecule is CC(=O)NCCn1c(C)nc2ccc(F)cc2c1=O. The van der Waals surface area contributed by atoms with Crippen LogP contribution in [-0.4, -0.2) is 22.0 Å². The van der Waals surface area contributed by atoms with Gasteiger partial charge in [-0.3, -0.25) is 14.2 Å². The summed E-state index contributed by atoms with van der Waals surface area (Å²) < 4.78 is 14.6. The normalized spacial score (nSPS) is 10.7. The molecule has 0 aliphatic rings. The lowest BCUT2D eigenvalue weighted by Gasteiger charge is -2.10. The fourth-order valence-corrected chi connectivity index (χ4v) is 1.91. The Morgan fingerprint density at radius 3 is 2.89 bits per heavy atom. The first-order valence-electron chi connectivity index (χ1n) is 5.90. The summed E-state index contributed by atoms with van der Waals surface area (Å²) in [6, 6.07) is 3.94. The topological polar surface area (TPSA) is 64.0 Å². The molecule has 1 heterocycles. The lowest BCUT2D eigenvalue weighted by atomic mass is 10.2. The minimum atomic E-state index is -0.469. The van der Waals surface area contributed by atoms with E-state index >= 15 is 0 Å². The van der Waals surface area contributed by atoms with Crippen molar-refractivity contribution in [3.63, 3.8) is 0 Å². The number of rotatable bonds is 3. The van der Waals surface area contributed by atoms with Crippen molar-refractivity contribution in [1.82, 2.24) is 14.9 Å². The third-order valence-corrected chi connectivity index (χ3v) is 2.82. The molecule has 0 radical (unpaired) electrons. The third-order valence-electron chi connectivity index (χ3n) is 2.82. The number of hydrogen-bond acceptors (Lipinski definition) is 3. The molecule has 100 valence electrons. The molecule has 1 N–H and O–H groups in total. The van der Waals surface area contributed by atoms with Crippen molar-refractivity contribution in [2.24, 2.45) is 0 Å². The predicted octanol–water partition coefficient (Wildman–Crippen LogP) is 0.980. The van der Waals surface area contributed by atoms with Gasteiger partial charge in [-0.05, 0) is 25.1 Å². The van der Waals surface area contributed by atoms with Gasteiger partial charge in [-0.2, -0.15) is 0 Å². The Morgan fingerprint density at radius 1 is 1.47 bits per heavy atom. The first kappa shape index (κ1) is 13.2. The molecule has 6 heteroatoms. The Morgan fingerprint density at radius 2 is 2.21 bits per heavy atom. The van der Waals surface area contributed by atoms with E-state index < -0.39 is 5.82 Å². The number of nitrogens with one attached hydrogen (secondary N) is 1. The minimum absolute atomic E-state index is 0.162. The summed E-state index contributed by atoms with van der Waals surface area (Å²) >= 11 is 0. The average molecular weight is 263 g/mol. The highest BCUT2D eigenvalue weighted by atomic mass is 19.1. The number of aryl methyl sites for hydroxylation is 1. The lowest BCUT2D eigenvalue weighted by molar-refractivity contribution is -0.118. The highest BCUT2D eigenvalue weighted by Gasteiger charge is 2.08. The zero-order valence-electron chi connectivity index (χ0n) is 10.7. The summed E-state index contributed by atoms with van der Waals surface area (Å²) in [7, 11) is 0. The Kier molecular flexibility index (Phi) is 3.59. The standard InChI is InChI=1S/C13H14FN3O2/c1-8-16-12-4-3-10(14)7-11(12)13(19)17(8)6-5-15-9(2)18/h3-4,7H,5-6H2,1-2H3,(H,15,18). The Balaban J connectivity index is 2.43. The number of aromatic nitrogens is 2. The summed E-state index contributed by atoms with van der Waals surface area (Å²) in [5.41, 5.74) is 0.173. The quantitative estimate of drug-likeness (QED) is 0.897. The van der Waals surface area contributed by atoms with E-state index in [1.807, 2.05) is 0 Å². The third kappa shape index (κ3) is 2.78. The van der Waals surface area contributed by atoms with Gasteiger partial charge in [-0.15, -0.1) is 0 Å². The predicted molar refractivity (Wildman–Crippen MR) is 69.4 cm³/mol. The van der Waals surface area contributed by atoms with Crippen molar-refractivity contribution in [1.29, 1.82) is 0 Å². The molecule has 0 aliphatic carbocycles. The second kappa shape index (κ2) is 5.17. The van der Waals surface area contributed by atoms with Crippen LogP contribution in [0.5, 0.6) is 0 Å². The Bertz CT molecular complexity index is 694. The number of halogens is 1. The van der Waals surface area contributed by atoms with Crippen LogP contribution in [0.4, 0.5) is 4.39 Å². The first-order valence-corrected chi connectivity index (χ1v) is 5.90. The van der Waals surface area contributed by atoms with Gasteiger partial charge in [0.05, 0.1) is 10.9 Å². The number of carbonyl (C=O) groups is 1. The second-order valence-corrected chi connectivity index (χ2v) is 4.26. The summed E-state index contributed by atoms with van der Waals surface area (Å²) in [4.78, 5) is 27.3. The number of fused-ring (bicyclic) bond motifs is 1. The maximum absolute atomic E-state index is 13.2. The van der Waals surface area contributed by atoms with E-state index in [1.54, 1.807) is 6.92 Å². The Labute approximate surface area is 109 Å². The molecule has 2 rings (SSSR count). The molecule has 0 atom stereocenters. The molecule has 0 bridgehead atoms. The second-order valence-electron chi connectivity index (χ2n) is 4.26. The van der Waals surface area contributed by atoms with Crippen molar-refractivity contribution >= 4 is 16.8 Å². The molecular weight excluding hydrogens is 249 g/mol. The number of amides is 1. The van der Waals surface area contributed by atoms with Crippen LogP contribution < -0.4 is 10.9 Å². The maximum atomic E-state index is 13.2. The van der Waals surface area contributed by atoms with Crippen molar-refractivity contribution in [2.75, 3.05) is 6.54 Å². The fraction of sp³-hybridized carbons (Fsp3) is 0.308. The van der Waals surface area contributed by atoms with Gasteiger partial charge in [0.2, 0.25) is 5.91 Å². The number of nitrogens with zero attached hydrogens (tertiary/aromatic N) is 2. The van der Waals surface area contributed by atoms with Crippen LogP contribution in [0.3, 0.4) is 0 Å². The molecule has 19 heavy (non-hydrogen) atoms. The first-order chi connectivity index (χ1) is 8.99. The van der Waals surface area contributed by atoms with Gasteiger partial charge in [0.1, 0.15) is 11.6 Å². The van der Waals surface area contributed by atoms with Gasteiger partial charge in [-0.25, -0.2) is 9.37 Å². The maximum Gasteiger partial charge on any atom is 0.261 e. The molecule has 1 aromatic carbocycles. The molecule has 0 unspecified atom stereocenters. The van der Waals surface area contributed by atoms with Crippen LogP contribution in [0.1, 0.15) is 12.7 Å². The van der Waals surface area contributed by atoms with E-state index in [9.17, 15) is 14.0 Å². The van der Waals surface area contributed by atoms with Crippen LogP contribution in [0, 0.1) is 12.7 Å². The van der Waals surface area contributed by atoms with Crippen LogP contribution in [0.25, 0.3) is 10.9 Å². The van der Waals surface area contributed by atoms with Gasteiger partial charge >= 0.3 is 0 Å². The van der Waals surface area contributed by atoms with E-state index in [2.05, 4.69) is 10.3 Å². The lowest BCUT2D eigenvalue weighted by Crippen LogP contribution is -2.31. The largest absolute Gasteiger partial charge is 0.355 e. The molecule has 0 aliphatic heterocycles. The van der Waals surface area contributed by atoms with Gasteiger partial charge < -0.3 is 5.32 Å². The van der Waals surface area contributed by atoms with E-state index in [0.717, 1.165) is 0 Å². The van der Waals surface area contributed by atoms with Crippen molar-refractivity contribution in [3.05, 3.63) is 40.2 Å². The monoisotopic (exact) mass is 263 g/mol. The van der Waals surface area contributed by atoms with Crippen molar-refractivity contribution in [2.45, 2.75) is 20.4 Å². The Hall–Kier alpha value is -2.24. The molecule has 0 spiro atoms. The summed E-state index contributed by atoms with van der Waals surface area (Å²) in [6.07, 6.45) is 0. The fourth-order valence-electron chi connectivity index (χ4n) is 1.91. The summed E-state index contributed by atoms with van der Waals surface area (Å²) in [6.45, 7) is 3.75. The summed E-state index contributed by atoms with van der Waals surface area (Å²) in [5.74, 6) is -0.0939. The molecule has 0 saturated carbocycles. The van der Waals surface area contributed by atoms with Gasteiger partial charge in [0, 0.05) is 20.0 Å². The number of carbonyl (C=O) groups excluding carboxylic acids is 1. The average Bonchev–Trinajstić information content (AvgIpc) is 2.34. The molecular formula is C13H14FN3O2. The molecule has 5 nitrogen and oxygen atoms in total. The van der Waals surface area contributed by atoms with Crippen molar-refractivity contribution < 1.29 is 9.18 Å². The van der Waals surface area contributed by atoms with Crippen LogP contribution in [0.2, 0.25) is 0 Å². The van der Waals surface area contributed by atoms with Crippen LogP contribution in [-0.2, 0) is 11.3 Å². The highest BCUT2D eigenvalue weighted by Crippen LogP contribution is 2.10. The van der Waals surface area contributed by atoms with Crippen molar-refractivity contribution in [3.8, 4) is 0 Å². The van der Waals surface area contributed by atoms with Gasteiger partial charge in [0.25, 0.3) is 5.56 Å². The molecule has 1 amide bonds. The zero-order chi connectivity index (χ0) is 14.0. The van der Waals surface area contributed by atoms with Crippen LogP contribution in [0.15, 0.2) is 23.0 Å². The zero-order valence-corrected chi connectivity index (χ0v) is 10.7. The number of benzene rings is 1. The summed E-state index contributed by atoms with van der Waals surface area (Å²) in [5, 5.41) is 2.85. The highest BCUT2D eigenvalue weighted by molar-refractivity contribution is 5.77. The smallest absolute Gasteiger partial charge is 0.261 e. The molecule has 0 saturated heterocycles. The van der Waals surface area contributed by atoms with Crippen LogP contribution >= 0.6 is 0 Å². The minimum Gasteiger partial charge on any atom is -0.355 e. The van der Waals surface area contributed by atoms with Gasteiger partial charge in [0.15, 0.2) is 0 Å². The van der Waals surface area contributed by atoms with E-state index in [4.69, 9.17) is 0 Å². The van der Waals surface area contributed by atoms with E-state index in [0.29, 0.717) is 24.4 Å². The number of hydrogen-bond donors (Lipinski definition) is 1. The van der Waals surface area contributed by atoms with E-state index in [1.165, 1.54) is 29.7 Å². The molecule has 0 fully saturated rings.